The second-order valence-electron chi connectivity index (χ2n) is 3.46. The van der Waals surface area contributed by atoms with Crippen molar-refractivity contribution in [3.8, 4) is 5.69 Å². The second-order valence-corrected chi connectivity index (χ2v) is 4.68. The van der Waals surface area contributed by atoms with Crippen molar-refractivity contribution in [2.24, 2.45) is 5.73 Å². The summed E-state index contributed by atoms with van der Waals surface area (Å²) >= 11 is 17.8. The first-order valence-corrected chi connectivity index (χ1v) is 5.83. The maximum atomic E-state index is 6.07. The first-order valence-electron chi connectivity index (χ1n) is 4.69. The monoisotopic (exact) mass is 291 g/mol. The van der Waals surface area contributed by atoms with E-state index in [4.69, 9.17) is 40.5 Å². The molecule has 0 saturated heterocycles. The first-order chi connectivity index (χ1) is 8.00. The normalized spacial score (nSPS) is 12.8. The Labute approximate surface area is 112 Å². The highest BCUT2D eigenvalue weighted by molar-refractivity contribution is 6.43. The smallest absolute Gasteiger partial charge is 0.173 e. The van der Waals surface area contributed by atoms with E-state index < -0.39 is 0 Å². The van der Waals surface area contributed by atoms with Crippen LogP contribution in [0.5, 0.6) is 0 Å². The third-order valence-electron chi connectivity index (χ3n) is 2.12. The van der Waals surface area contributed by atoms with Crippen molar-refractivity contribution in [2.75, 3.05) is 0 Å². The van der Waals surface area contributed by atoms with Crippen LogP contribution < -0.4 is 5.73 Å². The van der Waals surface area contributed by atoms with E-state index in [0.29, 0.717) is 26.6 Å². The van der Waals surface area contributed by atoms with E-state index in [-0.39, 0.29) is 6.04 Å². The summed E-state index contributed by atoms with van der Waals surface area (Å²) in [6.45, 7) is 1.77. The minimum atomic E-state index is -0.324. The zero-order valence-electron chi connectivity index (χ0n) is 8.73. The number of hydrogen-bond acceptors (Lipinski definition) is 4. The van der Waals surface area contributed by atoms with Crippen LogP contribution in [-0.2, 0) is 0 Å². The standard InChI is InChI=1S/C9H8Cl3N5/c1-4(13)9-14-15-16-17(9)8-3-6(11)5(10)2-7(8)12/h2-4H,13H2,1H3. The van der Waals surface area contributed by atoms with E-state index in [0.717, 1.165) is 0 Å². The van der Waals surface area contributed by atoms with E-state index in [1.807, 2.05) is 0 Å². The molecule has 0 aliphatic heterocycles. The van der Waals surface area contributed by atoms with Gasteiger partial charge in [-0.3, -0.25) is 0 Å². The van der Waals surface area contributed by atoms with Gasteiger partial charge in [0.25, 0.3) is 0 Å². The van der Waals surface area contributed by atoms with Crippen molar-refractivity contribution in [3.63, 3.8) is 0 Å². The molecular formula is C9H8Cl3N5. The molecule has 1 heterocycles. The SMILES string of the molecule is CC(N)c1nnnn1-c1cc(Cl)c(Cl)cc1Cl. The lowest BCUT2D eigenvalue weighted by Crippen LogP contribution is -2.13. The largest absolute Gasteiger partial charge is 0.321 e. The summed E-state index contributed by atoms with van der Waals surface area (Å²) in [5.74, 6) is 0.491. The summed E-state index contributed by atoms with van der Waals surface area (Å²) in [6.07, 6.45) is 0. The number of halogens is 3. The Bertz CT molecular complexity index is 552. The highest BCUT2D eigenvalue weighted by Crippen LogP contribution is 2.31. The van der Waals surface area contributed by atoms with Crippen molar-refractivity contribution in [3.05, 3.63) is 33.0 Å². The molecule has 1 unspecified atom stereocenters. The van der Waals surface area contributed by atoms with Crippen LogP contribution in [0.3, 0.4) is 0 Å². The van der Waals surface area contributed by atoms with Gasteiger partial charge in [0.1, 0.15) is 0 Å². The molecule has 90 valence electrons. The molecule has 2 N–H and O–H groups in total. The van der Waals surface area contributed by atoms with Crippen LogP contribution in [0.25, 0.3) is 5.69 Å². The summed E-state index contributed by atoms with van der Waals surface area (Å²) < 4.78 is 1.44. The van der Waals surface area contributed by atoms with Gasteiger partial charge in [-0.05, 0) is 29.5 Å². The average molecular weight is 293 g/mol. The molecule has 0 saturated carbocycles. The zero-order valence-corrected chi connectivity index (χ0v) is 11.0. The van der Waals surface area contributed by atoms with Crippen LogP contribution in [0.4, 0.5) is 0 Å². The van der Waals surface area contributed by atoms with Crippen LogP contribution in [0.2, 0.25) is 15.1 Å². The van der Waals surface area contributed by atoms with Gasteiger partial charge in [-0.25, -0.2) is 0 Å². The number of nitrogens with two attached hydrogens (primary N) is 1. The molecule has 1 aromatic heterocycles. The molecule has 0 spiro atoms. The van der Waals surface area contributed by atoms with E-state index in [1.54, 1.807) is 13.0 Å². The molecule has 1 aromatic carbocycles. The fourth-order valence-corrected chi connectivity index (χ4v) is 1.95. The quantitative estimate of drug-likeness (QED) is 0.864. The van der Waals surface area contributed by atoms with Gasteiger partial charge in [0.2, 0.25) is 0 Å². The van der Waals surface area contributed by atoms with Crippen molar-refractivity contribution in [1.82, 2.24) is 20.2 Å². The fourth-order valence-electron chi connectivity index (χ4n) is 1.32. The lowest BCUT2D eigenvalue weighted by atomic mass is 10.3. The Morgan fingerprint density at radius 3 is 2.47 bits per heavy atom. The predicted octanol–water partition coefficient (Wildman–Crippen LogP) is 2.64. The highest BCUT2D eigenvalue weighted by atomic mass is 35.5. The molecular weight excluding hydrogens is 284 g/mol. The minimum Gasteiger partial charge on any atom is -0.321 e. The van der Waals surface area contributed by atoms with Gasteiger partial charge in [0.15, 0.2) is 5.82 Å². The highest BCUT2D eigenvalue weighted by Gasteiger charge is 2.16. The Morgan fingerprint density at radius 2 is 1.82 bits per heavy atom. The fraction of sp³-hybridized carbons (Fsp3) is 0.222. The van der Waals surface area contributed by atoms with Crippen molar-refractivity contribution < 1.29 is 0 Å². The molecule has 0 bridgehead atoms. The summed E-state index contributed by atoms with van der Waals surface area (Å²) in [6, 6.07) is 2.80. The van der Waals surface area contributed by atoms with E-state index in [9.17, 15) is 0 Å². The number of rotatable bonds is 2. The Kier molecular flexibility index (Phi) is 3.53. The molecule has 8 heteroatoms. The number of nitrogens with zero attached hydrogens (tertiary/aromatic N) is 4. The van der Waals surface area contributed by atoms with Crippen molar-refractivity contribution in [2.45, 2.75) is 13.0 Å². The van der Waals surface area contributed by atoms with Gasteiger partial charge in [0.05, 0.1) is 26.8 Å². The number of benzene rings is 1. The predicted molar refractivity (Wildman–Crippen MR) is 66.8 cm³/mol. The van der Waals surface area contributed by atoms with E-state index in [2.05, 4.69) is 15.5 Å². The molecule has 0 radical (unpaired) electrons. The Balaban J connectivity index is 2.60. The number of tetrazole rings is 1. The maximum absolute atomic E-state index is 6.07. The molecule has 2 aromatic rings. The lowest BCUT2D eigenvalue weighted by molar-refractivity contribution is 0.688. The van der Waals surface area contributed by atoms with Gasteiger partial charge in [-0.2, -0.15) is 4.68 Å². The maximum Gasteiger partial charge on any atom is 0.173 e. The zero-order chi connectivity index (χ0) is 12.6. The lowest BCUT2D eigenvalue weighted by Gasteiger charge is -2.09. The van der Waals surface area contributed by atoms with Crippen LogP contribution in [0, 0.1) is 0 Å². The molecule has 2 rings (SSSR count). The topological polar surface area (TPSA) is 69.6 Å². The van der Waals surface area contributed by atoms with Gasteiger partial charge in [-0.1, -0.05) is 34.8 Å². The van der Waals surface area contributed by atoms with Gasteiger partial charge in [-0.15, -0.1) is 5.10 Å². The number of aromatic nitrogens is 4. The van der Waals surface area contributed by atoms with Gasteiger partial charge < -0.3 is 5.73 Å². The van der Waals surface area contributed by atoms with Gasteiger partial charge >= 0.3 is 0 Å². The number of hydrogen-bond donors (Lipinski definition) is 1. The van der Waals surface area contributed by atoms with Crippen LogP contribution in [-0.4, -0.2) is 20.2 Å². The van der Waals surface area contributed by atoms with Crippen LogP contribution in [0.15, 0.2) is 12.1 Å². The van der Waals surface area contributed by atoms with E-state index >= 15 is 0 Å². The minimum absolute atomic E-state index is 0.324. The second kappa shape index (κ2) is 4.78. The molecule has 17 heavy (non-hydrogen) atoms. The van der Waals surface area contributed by atoms with Gasteiger partial charge in [0, 0.05) is 0 Å². The Morgan fingerprint density at radius 1 is 1.18 bits per heavy atom. The third kappa shape index (κ3) is 2.37. The first kappa shape index (κ1) is 12.6. The Hall–Kier alpha value is -0.880. The summed E-state index contributed by atoms with van der Waals surface area (Å²) in [5, 5.41) is 12.4. The molecule has 0 aliphatic carbocycles. The molecule has 0 amide bonds. The molecule has 5 nitrogen and oxygen atoms in total. The summed E-state index contributed by atoms with van der Waals surface area (Å²) in [5.41, 5.74) is 6.29. The summed E-state index contributed by atoms with van der Waals surface area (Å²) in [4.78, 5) is 0. The molecule has 1 atom stereocenters. The third-order valence-corrected chi connectivity index (χ3v) is 3.14. The van der Waals surface area contributed by atoms with Crippen molar-refractivity contribution in [1.29, 1.82) is 0 Å². The molecule has 0 aliphatic rings. The van der Waals surface area contributed by atoms with Crippen molar-refractivity contribution >= 4 is 34.8 Å². The van der Waals surface area contributed by atoms with Crippen LogP contribution in [0.1, 0.15) is 18.8 Å². The summed E-state index contributed by atoms with van der Waals surface area (Å²) in [7, 11) is 0. The van der Waals surface area contributed by atoms with Crippen LogP contribution >= 0.6 is 34.8 Å². The van der Waals surface area contributed by atoms with E-state index in [1.165, 1.54) is 10.7 Å². The molecule has 0 fully saturated rings. The average Bonchev–Trinajstić information content (AvgIpc) is 2.72.